The van der Waals surface area contributed by atoms with Gasteiger partial charge in [-0.3, -0.25) is 0 Å². The van der Waals surface area contributed by atoms with Crippen molar-refractivity contribution in [1.82, 2.24) is 5.32 Å². The summed E-state index contributed by atoms with van der Waals surface area (Å²) >= 11 is 1.93. The highest BCUT2D eigenvalue weighted by Crippen LogP contribution is 2.18. The standard InChI is InChI=1S/C14H23NS/c1-11(2)13(4)15-8-9-16-14-7-5-6-12(3)10-14/h5-7,10-11,13,15H,8-9H2,1-4H3. The molecule has 0 amide bonds. The summed E-state index contributed by atoms with van der Waals surface area (Å²) in [5, 5.41) is 3.55. The minimum atomic E-state index is 0.609. The zero-order valence-corrected chi connectivity index (χ0v) is 11.6. The van der Waals surface area contributed by atoms with Gasteiger partial charge in [0.05, 0.1) is 0 Å². The zero-order valence-electron chi connectivity index (χ0n) is 10.8. The number of benzene rings is 1. The van der Waals surface area contributed by atoms with Crippen LogP contribution in [0.2, 0.25) is 0 Å². The van der Waals surface area contributed by atoms with Crippen LogP contribution in [0, 0.1) is 12.8 Å². The molecule has 0 radical (unpaired) electrons. The molecule has 1 aromatic carbocycles. The normalized spacial score (nSPS) is 13.1. The Morgan fingerprint density at radius 3 is 2.62 bits per heavy atom. The molecule has 0 aliphatic rings. The Labute approximate surface area is 104 Å². The van der Waals surface area contributed by atoms with Gasteiger partial charge < -0.3 is 5.32 Å². The van der Waals surface area contributed by atoms with Crippen molar-refractivity contribution in [3.05, 3.63) is 29.8 Å². The van der Waals surface area contributed by atoms with Crippen LogP contribution in [0.3, 0.4) is 0 Å². The summed E-state index contributed by atoms with van der Waals surface area (Å²) < 4.78 is 0. The minimum absolute atomic E-state index is 0.609. The fraction of sp³-hybridized carbons (Fsp3) is 0.571. The van der Waals surface area contributed by atoms with Crippen molar-refractivity contribution in [2.45, 2.75) is 38.6 Å². The number of hydrogen-bond donors (Lipinski definition) is 1. The van der Waals surface area contributed by atoms with E-state index in [1.54, 1.807) is 0 Å². The number of aryl methyl sites for hydroxylation is 1. The van der Waals surface area contributed by atoms with Crippen molar-refractivity contribution >= 4 is 11.8 Å². The van der Waals surface area contributed by atoms with Gasteiger partial charge in [0.15, 0.2) is 0 Å². The van der Waals surface area contributed by atoms with Gasteiger partial charge in [-0.2, -0.15) is 0 Å². The molecule has 0 aliphatic heterocycles. The first-order chi connectivity index (χ1) is 7.59. The van der Waals surface area contributed by atoms with Gasteiger partial charge in [-0.15, -0.1) is 11.8 Å². The Hall–Kier alpha value is -0.470. The fourth-order valence-electron chi connectivity index (χ4n) is 1.40. The second kappa shape index (κ2) is 6.97. The first-order valence-corrected chi connectivity index (χ1v) is 7.01. The number of thioether (sulfide) groups is 1. The van der Waals surface area contributed by atoms with Gasteiger partial charge in [0.2, 0.25) is 0 Å². The molecule has 0 aromatic heterocycles. The molecule has 1 atom stereocenters. The van der Waals surface area contributed by atoms with E-state index in [1.807, 2.05) is 11.8 Å². The lowest BCUT2D eigenvalue weighted by atomic mass is 10.1. The third-order valence-corrected chi connectivity index (χ3v) is 3.82. The van der Waals surface area contributed by atoms with Gasteiger partial charge >= 0.3 is 0 Å². The molecule has 0 bridgehead atoms. The quantitative estimate of drug-likeness (QED) is 0.598. The molecular weight excluding hydrogens is 214 g/mol. The fourth-order valence-corrected chi connectivity index (χ4v) is 2.30. The SMILES string of the molecule is Cc1cccc(SCCNC(C)C(C)C)c1. The van der Waals surface area contributed by atoms with Crippen LogP contribution < -0.4 is 5.32 Å². The third-order valence-electron chi connectivity index (χ3n) is 2.83. The monoisotopic (exact) mass is 237 g/mol. The summed E-state index contributed by atoms with van der Waals surface area (Å²) in [6, 6.07) is 9.31. The van der Waals surface area contributed by atoms with Crippen LogP contribution in [0.15, 0.2) is 29.2 Å². The van der Waals surface area contributed by atoms with Crippen LogP contribution in [-0.4, -0.2) is 18.3 Å². The molecule has 0 aliphatic carbocycles. The Morgan fingerprint density at radius 1 is 1.25 bits per heavy atom. The Kier molecular flexibility index (Phi) is 5.93. The second-order valence-corrected chi connectivity index (χ2v) is 5.82. The highest BCUT2D eigenvalue weighted by molar-refractivity contribution is 7.99. The molecular formula is C14H23NS. The molecule has 0 heterocycles. The average Bonchev–Trinajstić information content (AvgIpc) is 2.24. The van der Waals surface area contributed by atoms with Gasteiger partial charge in [-0.1, -0.05) is 31.5 Å². The van der Waals surface area contributed by atoms with E-state index in [0.29, 0.717) is 12.0 Å². The summed E-state index contributed by atoms with van der Waals surface area (Å²) in [4.78, 5) is 1.37. The molecule has 0 fully saturated rings. The highest BCUT2D eigenvalue weighted by atomic mass is 32.2. The van der Waals surface area contributed by atoms with Crippen LogP contribution in [0.5, 0.6) is 0 Å². The zero-order chi connectivity index (χ0) is 12.0. The van der Waals surface area contributed by atoms with Crippen molar-refractivity contribution in [2.75, 3.05) is 12.3 Å². The van der Waals surface area contributed by atoms with Gasteiger partial charge in [-0.25, -0.2) is 0 Å². The molecule has 16 heavy (non-hydrogen) atoms. The maximum absolute atomic E-state index is 3.55. The Bertz CT molecular complexity index is 309. The van der Waals surface area contributed by atoms with Gasteiger partial charge in [0, 0.05) is 23.2 Å². The summed E-state index contributed by atoms with van der Waals surface area (Å²) in [6.45, 7) is 9.99. The summed E-state index contributed by atoms with van der Waals surface area (Å²) in [6.07, 6.45) is 0. The van der Waals surface area contributed by atoms with Crippen molar-refractivity contribution in [3.63, 3.8) is 0 Å². The first-order valence-electron chi connectivity index (χ1n) is 6.02. The van der Waals surface area contributed by atoms with E-state index < -0.39 is 0 Å². The maximum Gasteiger partial charge on any atom is 0.0106 e. The largest absolute Gasteiger partial charge is 0.313 e. The van der Waals surface area contributed by atoms with E-state index in [0.717, 1.165) is 12.3 Å². The maximum atomic E-state index is 3.55. The molecule has 2 heteroatoms. The van der Waals surface area contributed by atoms with Crippen LogP contribution in [0.4, 0.5) is 0 Å². The van der Waals surface area contributed by atoms with E-state index in [9.17, 15) is 0 Å². The van der Waals surface area contributed by atoms with E-state index in [-0.39, 0.29) is 0 Å². The summed E-state index contributed by atoms with van der Waals surface area (Å²) in [5.74, 6) is 1.85. The van der Waals surface area contributed by atoms with Crippen molar-refractivity contribution in [2.24, 2.45) is 5.92 Å². The van der Waals surface area contributed by atoms with E-state index >= 15 is 0 Å². The molecule has 90 valence electrons. The summed E-state index contributed by atoms with van der Waals surface area (Å²) in [7, 11) is 0. The summed E-state index contributed by atoms with van der Waals surface area (Å²) in [5.41, 5.74) is 1.34. The first kappa shape index (κ1) is 13.6. The Balaban J connectivity index is 2.21. The van der Waals surface area contributed by atoms with Crippen molar-refractivity contribution < 1.29 is 0 Å². The van der Waals surface area contributed by atoms with Crippen LogP contribution in [0.25, 0.3) is 0 Å². The van der Waals surface area contributed by atoms with Crippen molar-refractivity contribution in [1.29, 1.82) is 0 Å². The van der Waals surface area contributed by atoms with E-state index in [1.165, 1.54) is 10.5 Å². The van der Waals surface area contributed by atoms with Crippen LogP contribution in [0.1, 0.15) is 26.3 Å². The smallest absolute Gasteiger partial charge is 0.0106 e. The number of nitrogens with one attached hydrogen (secondary N) is 1. The van der Waals surface area contributed by atoms with Gasteiger partial charge in [0.25, 0.3) is 0 Å². The van der Waals surface area contributed by atoms with Crippen LogP contribution in [-0.2, 0) is 0 Å². The lowest BCUT2D eigenvalue weighted by molar-refractivity contribution is 0.438. The lowest BCUT2D eigenvalue weighted by Crippen LogP contribution is -2.32. The molecule has 1 rings (SSSR count). The third kappa shape index (κ3) is 5.04. The van der Waals surface area contributed by atoms with Gasteiger partial charge in [-0.05, 0) is 31.9 Å². The predicted octanol–water partition coefficient (Wildman–Crippen LogP) is 3.72. The van der Waals surface area contributed by atoms with E-state index in [2.05, 4.69) is 57.3 Å². The molecule has 0 saturated heterocycles. The predicted molar refractivity (Wildman–Crippen MR) is 74.2 cm³/mol. The number of hydrogen-bond acceptors (Lipinski definition) is 2. The second-order valence-electron chi connectivity index (χ2n) is 4.65. The average molecular weight is 237 g/mol. The minimum Gasteiger partial charge on any atom is -0.313 e. The molecule has 1 N–H and O–H groups in total. The Morgan fingerprint density at radius 2 is 2.00 bits per heavy atom. The molecule has 1 unspecified atom stereocenters. The number of rotatable bonds is 6. The lowest BCUT2D eigenvalue weighted by Gasteiger charge is -2.17. The van der Waals surface area contributed by atoms with Crippen LogP contribution >= 0.6 is 11.8 Å². The molecule has 1 aromatic rings. The highest BCUT2D eigenvalue weighted by Gasteiger charge is 2.04. The topological polar surface area (TPSA) is 12.0 Å². The van der Waals surface area contributed by atoms with E-state index in [4.69, 9.17) is 0 Å². The molecule has 1 nitrogen and oxygen atoms in total. The molecule has 0 spiro atoms. The van der Waals surface area contributed by atoms with Gasteiger partial charge in [0.1, 0.15) is 0 Å². The van der Waals surface area contributed by atoms with Crippen molar-refractivity contribution in [3.8, 4) is 0 Å². The molecule has 0 saturated carbocycles.